The summed E-state index contributed by atoms with van der Waals surface area (Å²) in [6.45, 7) is -6.68. The first kappa shape index (κ1) is 1.58. The van der Waals surface area contributed by atoms with Crippen LogP contribution in [0.3, 0.4) is 0 Å². The second-order valence-electron chi connectivity index (χ2n) is 1.61. The second-order valence-corrected chi connectivity index (χ2v) is 1.61. The van der Waals surface area contributed by atoms with Gasteiger partial charge in [0.25, 0.3) is 0 Å². The first-order valence-corrected chi connectivity index (χ1v) is 2.49. The maximum absolute atomic E-state index is 7.88. The van der Waals surface area contributed by atoms with Gasteiger partial charge in [0.1, 0.15) is 5.82 Å². The largest absolute Gasteiger partial charge is 0.384 e. The van der Waals surface area contributed by atoms with Crippen LogP contribution in [-0.2, 0) is 0 Å². The summed E-state index contributed by atoms with van der Waals surface area (Å²) >= 11 is 0. The first-order valence-electron chi connectivity index (χ1n) is 7.49. The van der Waals surface area contributed by atoms with Crippen molar-refractivity contribution in [2.75, 3.05) is 5.73 Å². The molecule has 2 heteroatoms. The van der Waals surface area contributed by atoms with Crippen LogP contribution in [0.4, 0.5) is 5.82 Å². The van der Waals surface area contributed by atoms with Crippen molar-refractivity contribution in [1.82, 2.24) is 4.98 Å². The number of hydrogen-bond acceptors (Lipinski definition) is 2. The van der Waals surface area contributed by atoms with Crippen LogP contribution < -0.4 is 5.73 Å². The predicted octanol–water partition coefficient (Wildman–Crippen LogP) is 1.79. The Morgan fingerprint density at radius 3 is 3.30 bits per heavy atom. The molecule has 0 aliphatic carbocycles. The van der Waals surface area contributed by atoms with Crippen molar-refractivity contribution in [3.63, 3.8) is 0 Å². The van der Waals surface area contributed by atoms with E-state index in [1.807, 2.05) is 0 Å². The molecule has 0 saturated heterocycles. The highest BCUT2D eigenvalue weighted by Gasteiger charge is 1.96. The molecule has 0 amide bonds. The third kappa shape index (κ3) is 1.47. The number of pyridine rings is 1. The molecule has 0 bridgehead atoms. The van der Waals surface area contributed by atoms with Crippen molar-refractivity contribution in [3.8, 4) is 0 Å². The number of rotatable bonds is 1. The zero-order valence-electron chi connectivity index (χ0n) is 15.0. The molecule has 0 saturated carbocycles. The molecule has 1 aromatic rings. The fourth-order valence-electron chi connectivity index (χ4n) is 0.417. The first-order chi connectivity index (χ1) is 8.75. The Bertz CT molecular complexity index is 518. The molecule has 1 heterocycles. The lowest BCUT2D eigenvalue weighted by atomic mass is 10.1. The Labute approximate surface area is 75.1 Å². The molecule has 0 aromatic carbocycles. The Balaban J connectivity index is 3.83. The molecular weight excluding hydrogens is 124 g/mol. The molecule has 1 rings (SSSR count). The van der Waals surface area contributed by atoms with E-state index >= 15 is 0 Å². The summed E-state index contributed by atoms with van der Waals surface area (Å²) in [5.41, 5.74) is 4.32. The minimum Gasteiger partial charge on any atom is -0.384 e. The smallest absolute Gasteiger partial charge is 0.123 e. The minimum atomic E-state index is -3.34. The van der Waals surface area contributed by atoms with Crippen molar-refractivity contribution in [2.24, 2.45) is 0 Å². The Kier molecular flexibility index (Phi) is 0.424. The van der Waals surface area contributed by atoms with Crippen molar-refractivity contribution in [2.45, 2.75) is 19.6 Å². The highest BCUT2D eigenvalue weighted by molar-refractivity contribution is 5.30. The highest BCUT2D eigenvalue weighted by Crippen LogP contribution is 2.12. The lowest BCUT2D eigenvalue weighted by Gasteiger charge is -2.02. The van der Waals surface area contributed by atoms with Crippen LogP contribution in [-0.4, -0.2) is 4.98 Å². The van der Waals surface area contributed by atoms with Crippen LogP contribution in [0.15, 0.2) is 18.3 Å². The summed E-state index contributed by atoms with van der Waals surface area (Å²) in [6, 6.07) is -1.59. The fraction of sp³-hybridized carbons (Fsp3) is 0.375. The van der Waals surface area contributed by atoms with Crippen LogP contribution in [0.1, 0.15) is 38.9 Å². The minimum absolute atomic E-state index is 0.498. The second kappa shape index (κ2) is 2.69. The van der Waals surface area contributed by atoms with Gasteiger partial charge < -0.3 is 5.73 Å². The lowest BCUT2D eigenvalue weighted by Crippen LogP contribution is -1.92. The van der Waals surface area contributed by atoms with Crippen molar-refractivity contribution >= 4 is 5.82 Å². The van der Waals surface area contributed by atoms with Gasteiger partial charge in [0.15, 0.2) is 0 Å². The normalized spacial score (nSPS) is 28.4. The van der Waals surface area contributed by atoms with E-state index in [2.05, 4.69) is 4.98 Å². The number of nitrogens with zero attached hydrogens (tertiary/aromatic N) is 1. The van der Waals surface area contributed by atoms with Gasteiger partial charge in [-0.3, -0.25) is 0 Å². The molecule has 54 valence electrons. The molecule has 0 aliphatic rings. The third-order valence-electron chi connectivity index (χ3n) is 0.854. The highest BCUT2D eigenvalue weighted by atomic mass is 14.8. The van der Waals surface area contributed by atoms with Crippen LogP contribution >= 0.6 is 0 Å². The van der Waals surface area contributed by atoms with Gasteiger partial charge in [-0.1, -0.05) is 19.7 Å². The van der Waals surface area contributed by atoms with Gasteiger partial charge >= 0.3 is 0 Å². The lowest BCUT2D eigenvalue weighted by molar-refractivity contribution is 0.859. The number of hydrogen-bond donors (Lipinski definition) is 1. The summed E-state index contributed by atoms with van der Waals surface area (Å²) in [5, 5.41) is 0. The van der Waals surface area contributed by atoms with Gasteiger partial charge in [-0.05, 0) is 17.5 Å². The van der Waals surface area contributed by atoms with E-state index in [1.54, 1.807) is 0 Å². The fourth-order valence-corrected chi connectivity index (χ4v) is 0.417. The van der Waals surface area contributed by atoms with Crippen LogP contribution in [0.25, 0.3) is 0 Å². The quantitative estimate of drug-likeness (QED) is 0.656. The zero-order chi connectivity index (χ0) is 16.1. The molecule has 0 aliphatic heterocycles. The summed E-state index contributed by atoms with van der Waals surface area (Å²) in [4.78, 5) is 3.34. The number of aromatic nitrogens is 1. The summed E-state index contributed by atoms with van der Waals surface area (Å²) in [5.74, 6) is -3.73. The van der Waals surface area contributed by atoms with E-state index in [9.17, 15) is 0 Å². The summed E-state index contributed by atoms with van der Waals surface area (Å²) in [7, 11) is 0. The van der Waals surface area contributed by atoms with Gasteiger partial charge in [0, 0.05) is 15.8 Å². The third-order valence-corrected chi connectivity index (χ3v) is 0.854. The number of anilines is 1. The molecule has 2 nitrogen and oxygen atoms in total. The van der Waals surface area contributed by atoms with Crippen molar-refractivity contribution in [3.05, 3.63) is 23.8 Å². The molecule has 0 spiro atoms. The van der Waals surface area contributed by atoms with Gasteiger partial charge in [0.05, 0.1) is 4.11 Å². The van der Waals surface area contributed by atoms with Gasteiger partial charge in [-0.25, -0.2) is 4.98 Å². The maximum Gasteiger partial charge on any atom is 0.123 e. The SMILES string of the molecule is [2H]c1nc(N)c([2H])c([2H])c1C([2H])(C([2H])([2H])[2H])C([2H])([2H])[2H]. The Hall–Kier alpha value is -1.05. The zero-order valence-corrected chi connectivity index (χ0v) is 5.02. The Morgan fingerprint density at radius 1 is 1.80 bits per heavy atom. The van der Waals surface area contributed by atoms with E-state index in [-0.39, 0.29) is 0 Å². The van der Waals surface area contributed by atoms with Crippen LogP contribution in [0, 0.1) is 0 Å². The maximum atomic E-state index is 7.88. The molecule has 2 N–H and O–H groups in total. The topological polar surface area (TPSA) is 38.9 Å². The van der Waals surface area contributed by atoms with Gasteiger partial charge in [-0.15, -0.1) is 0 Å². The Morgan fingerprint density at radius 2 is 2.60 bits per heavy atom. The molecule has 0 radical (unpaired) electrons. The standard InChI is InChI=1S/C8H12N2/c1-6(2)7-3-4-8(9)10-5-7/h3-6H,1-2H3,(H2,9,10)/i1D3,2D3,3D,4D,5D,6D. The average Bonchev–Trinajstić information content (AvgIpc) is 2.22. The van der Waals surface area contributed by atoms with E-state index < -0.39 is 49.2 Å². The van der Waals surface area contributed by atoms with E-state index in [4.69, 9.17) is 19.4 Å². The van der Waals surface area contributed by atoms with E-state index in [0.717, 1.165) is 0 Å². The van der Waals surface area contributed by atoms with Crippen LogP contribution in [0.2, 0.25) is 0 Å². The molecule has 0 atom stereocenters. The summed E-state index contributed by atoms with van der Waals surface area (Å²) in [6.07, 6.45) is -0.897. The summed E-state index contributed by atoms with van der Waals surface area (Å²) < 4.78 is 74.3. The van der Waals surface area contributed by atoms with Crippen molar-refractivity contribution in [1.29, 1.82) is 0 Å². The average molecular weight is 146 g/mol. The van der Waals surface area contributed by atoms with Gasteiger partial charge in [-0.2, -0.15) is 0 Å². The van der Waals surface area contributed by atoms with Crippen LogP contribution in [0.5, 0.6) is 0 Å². The number of nitrogen functional groups attached to an aromatic ring is 1. The molecule has 1 aromatic heterocycles. The predicted molar refractivity (Wildman–Crippen MR) is 42.7 cm³/mol. The van der Waals surface area contributed by atoms with E-state index in [1.165, 1.54) is 0 Å². The molecule has 10 heavy (non-hydrogen) atoms. The van der Waals surface area contributed by atoms with E-state index in [0.29, 0.717) is 0 Å². The molecule has 0 unspecified atom stereocenters. The molecule has 0 fully saturated rings. The van der Waals surface area contributed by atoms with Gasteiger partial charge in [0.2, 0.25) is 0 Å². The van der Waals surface area contributed by atoms with Crippen molar-refractivity contribution < 1.29 is 13.7 Å². The monoisotopic (exact) mass is 146 g/mol. The molecular formula is C8H12N2. The number of nitrogens with two attached hydrogens (primary N) is 1.